The van der Waals surface area contributed by atoms with E-state index in [4.69, 9.17) is 11.6 Å². The Morgan fingerprint density at radius 1 is 0.917 bits per heavy atom. The number of hydrogen-bond acceptors (Lipinski definition) is 2. The van der Waals surface area contributed by atoms with E-state index in [1.165, 1.54) is 38.5 Å². The summed E-state index contributed by atoms with van der Waals surface area (Å²) >= 11 is 4.75. The Hall–Kier alpha value is -0.221. The number of carboxylic acids is 1. The SMILES string of the molecule is CCC[CH2][Sn+]([CH2]CCC)[CH2]CCC.O=C([O-])Cc1ccc(Cl)cc1. The molecule has 0 bridgehead atoms. The largest absolute Gasteiger partial charge is 0.550 e. The second-order valence-electron chi connectivity index (χ2n) is 6.24. The van der Waals surface area contributed by atoms with Crippen molar-refractivity contribution in [3.8, 4) is 0 Å². The molecule has 0 N–H and O–H groups in total. The number of carbonyl (C=O) groups excluding carboxylic acids is 1. The molecule has 0 aliphatic rings. The molecular weight excluding hydrogens is 426 g/mol. The van der Waals surface area contributed by atoms with E-state index in [0.29, 0.717) is 10.6 Å². The van der Waals surface area contributed by atoms with Crippen molar-refractivity contribution in [1.29, 1.82) is 0 Å². The first-order valence-electron chi connectivity index (χ1n) is 9.31. The van der Waals surface area contributed by atoms with Gasteiger partial charge >= 0.3 is 92.4 Å². The van der Waals surface area contributed by atoms with Crippen LogP contribution >= 0.6 is 11.6 Å². The van der Waals surface area contributed by atoms with Crippen LogP contribution in [0.4, 0.5) is 0 Å². The van der Waals surface area contributed by atoms with E-state index >= 15 is 0 Å². The molecule has 2 nitrogen and oxygen atoms in total. The maximum Gasteiger partial charge on any atom is 0.0458 e. The molecule has 0 saturated heterocycles. The van der Waals surface area contributed by atoms with E-state index in [1.54, 1.807) is 37.6 Å². The Labute approximate surface area is 160 Å². The van der Waals surface area contributed by atoms with Crippen molar-refractivity contribution >= 4 is 37.3 Å². The third-order valence-corrected chi connectivity index (χ3v) is 13.2. The number of aliphatic carboxylic acids is 1. The number of rotatable bonds is 11. The molecule has 1 aromatic carbocycles. The predicted molar refractivity (Wildman–Crippen MR) is 105 cm³/mol. The summed E-state index contributed by atoms with van der Waals surface area (Å²) in [6, 6.07) is 6.63. The predicted octanol–water partition coefficient (Wildman–Crippen LogP) is 5.51. The normalized spacial score (nSPS) is 10.0. The van der Waals surface area contributed by atoms with E-state index in [0.717, 1.165) is 0 Å². The van der Waals surface area contributed by atoms with Crippen LogP contribution in [0.25, 0.3) is 0 Å². The summed E-state index contributed by atoms with van der Waals surface area (Å²) in [4.78, 5) is 10.1. The fourth-order valence-electron chi connectivity index (χ4n) is 2.42. The number of carboxylic acid groups (broad SMARTS) is 1. The smallest absolute Gasteiger partial charge is 0.0458 e. The van der Waals surface area contributed by atoms with Gasteiger partial charge in [-0.1, -0.05) is 23.7 Å². The van der Waals surface area contributed by atoms with Crippen LogP contribution in [0, 0.1) is 0 Å². The maximum absolute atomic E-state index is 10.1. The zero-order valence-electron chi connectivity index (χ0n) is 15.6. The minimum absolute atomic E-state index is 0.0584. The Kier molecular flexibility index (Phi) is 16.1. The van der Waals surface area contributed by atoms with Crippen LogP contribution in [0.1, 0.15) is 64.9 Å². The van der Waals surface area contributed by atoms with Gasteiger partial charge in [-0.05, 0) is 17.7 Å². The van der Waals surface area contributed by atoms with Crippen LogP contribution < -0.4 is 5.11 Å². The van der Waals surface area contributed by atoms with E-state index in [-0.39, 0.29) is 6.42 Å². The van der Waals surface area contributed by atoms with Crippen LogP contribution in [-0.4, -0.2) is 25.7 Å². The van der Waals surface area contributed by atoms with Crippen molar-refractivity contribution in [2.45, 2.75) is 79.0 Å². The van der Waals surface area contributed by atoms with Gasteiger partial charge in [-0.25, -0.2) is 0 Å². The van der Waals surface area contributed by atoms with E-state index < -0.39 is 25.7 Å². The summed E-state index contributed by atoms with van der Waals surface area (Å²) in [7, 11) is 0. The molecule has 4 heteroatoms. The second-order valence-corrected chi connectivity index (χ2v) is 15.2. The molecule has 0 fully saturated rings. The Balaban J connectivity index is 0.000000446. The number of unbranched alkanes of at least 4 members (excludes halogenated alkanes) is 3. The molecule has 0 heterocycles. The van der Waals surface area contributed by atoms with E-state index in [1.807, 2.05) is 0 Å². The number of hydrogen-bond donors (Lipinski definition) is 0. The minimum Gasteiger partial charge on any atom is -0.550 e. The van der Waals surface area contributed by atoms with Gasteiger partial charge in [0.05, 0.1) is 0 Å². The van der Waals surface area contributed by atoms with Crippen LogP contribution in [-0.2, 0) is 11.2 Å². The summed E-state index contributed by atoms with van der Waals surface area (Å²) in [6.07, 6.45) is 8.79. The fourth-order valence-corrected chi connectivity index (χ4v) is 12.0. The average molecular weight is 460 g/mol. The van der Waals surface area contributed by atoms with E-state index in [2.05, 4.69) is 20.8 Å². The Morgan fingerprint density at radius 2 is 1.33 bits per heavy atom. The molecule has 24 heavy (non-hydrogen) atoms. The molecule has 0 unspecified atom stereocenters. The molecule has 1 aromatic rings. The van der Waals surface area contributed by atoms with Gasteiger partial charge in [0, 0.05) is 17.4 Å². The summed E-state index contributed by atoms with van der Waals surface area (Å²) in [6.45, 7) is 7.00. The van der Waals surface area contributed by atoms with Crippen molar-refractivity contribution in [3.63, 3.8) is 0 Å². The summed E-state index contributed by atoms with van der Waals surface area (Å²) in [5.41, 5.74) is 0.703. The maximum atomic E-state index is 10.1. The molecule has 0 saturated carbocycles. The molecule has 0 aliphatic carbocycles. The number of benzene rings is 1. The van der Waals surface area contributed by atoms with Crippen LogP contribution in [0.15, 0.2) is 24.3 Å². The number of carbonyl (C=O) groups is 1. The van der Waals surface area contributed by atoms with Crippen molar-refractivity contribution < 1.29 is 9.90 Å². The summed E-state index contributed by atoms with van der Waals surface area (Å²) in [5.74, 6) is -1.08. The van der Waals surface area contributed by atoms with E-state index in [9.17, 15) is 9.90 Å². The topological polar surface area (TPSA) is 40.1 Å². The zero-order chi connectivity index (χ0) is 18.2. The first-order valence-corrected chi connectivity index (χ1v) is 15.7. The minimum atomic E-state index is -1.08. The van der Waals surface area contributed by atoms with Gasteiger partial charge in [-0.2, -0.15) is 0 Å². The third-order valence-electron chi connectivity index (χ3n) is 3.91. The van der Waals surface area contributed by atoms with Gasteiger partial charge in [-0.3, -0.25) is 0 Å². The molecule has 0 aromatic heterocycles. The molecule has 136 valence electrons. The monoisotopic (exact) mass is 460 g/mol. The molecule has 0 atom stereocenters. The van der Waals surface area contributed by atoms with Gasteiger partial charge in [0.25, 0.3) is 0 Å². The van der Waals surface area contributed by atoms with Gasteiger partial charge < -0.3 is 9.90 Å². The van der Waals surface area contributed by atoms with Crippen molar-refractivity contribution in [1.82, 2.24) is 0 Å². The van der Waals surface area contributed by atoms with Crippen molar-refractivity contribution in [2.24, 2.45) is 0 Å². The summed E-state index contributed by atoms with van der Waals surface area (Å²) in [5, 5.41) is 10.7. The standard InChI is InChI=1S/C8H7ClO2.3C4H9.Sn/c9-7-3-1-6(2-4-7)5-8(10)11;3*1-3-4-2;/h1-4H,5H2,(H,10,11);3*1,3-4H2,2H3;/q;;;;+1/p-1. The molecule has 0 amide bonds. The third kappa shape index (κ3) is 14.1. The molecule has 0 radical (unpaired) electrons. The first kappa shape index (κ1) is 23.8. The molecule has 0 spiro atoms. The number of halogens is 1. The quantitative estimate of drug-likeness (QED) is 0.409. The van der Waals surface area contributed by atoms with Crippen molar-refractivity contribution in [2.75, 3.05) is 0 Å². The van der Waals surface area contributed by atoms with Crippen LogP contribution in [0.2, 0.25) is 18.3 Å². The Morgan fingerprint density at radius 3 is 1.67 bits per heavy atom. The zero-order valence-corrected chi connectivity index (χ0v) is 19.2. The van der Waals surface area contributed by atoms with Gasteiger partial charge in [-0.15, -0.1) is 0 Å². The average Bonchev–Trinajstić information content (AvgIpc) is 2.56. The Bertz CT molecular complexity index is 401. The molecule has 1 rings (SSSR count). The van der Waals surface area contributed by atoms with Crippen LogP contribution in [0.3, 0.4) is 0 Å². The van der Waals surface area contributed by atoms with Gasteiger partial charge in [0.2, 0.25) is 0 Å². The second kappa shape index (κ2) is 16.3. The summed E-state index contributed by atoms with van der Waals surface area (Å²) < 4.78 is 5.04. The molecular formula is C20H33ClO2Sn. The van der Waals surface area contributed by atoms with Gasteiger partial charge in [0.15, 0.2) is 0 Å². The van der Waals surface area contributed by atoms with Crippen LogP contribution in [0.5, 0.6) is 0 Å². The van der Waals surface area contributed by atoms with Gasteiger partial charge in [0.1, 0.15) is 0 Å². The fraction of sp³-hybridized carbons (Fsp3) is 0.650. The van der Waals surface area contributed by atoms with Crippen molar-refractivity contribution in [3.05, 3.63) is 34.9 Å². The molecule has 0 aliphatic heterocycles. The first-order chi connectivity index (χ1) is 11.5.